The Morgan fingerprint density at radius 1 is 1.24 bits per heavy atom. The average molecular weight is 525 g/mol. The number of likely N-dealkylation sites (tertiary alicyclic amines) is 1. The van der Waals surface area contributed by atoms with Gasteiger partial charge in [0.25, 0.3) is 0 Å². The Kier molecular flexibility index (Phi) is 9.84. The van der Waals surface area contributed by atoms with Gasteiger partial charge in [-0.25, -0.2) is 4.98 Å². The zero-order chi connectivity index (χ0) is 27.0. The second-order valence-electron chi connectivity index (χ2n) is 10.2. The summed E-state index contributed by atoms with van der Waals surface area (Å²) in [6.07, 6.45) is 1.32. The summed E-state index contributed by atoms with van der Waals surface area (Å²) in [7, 11) is 0. The van der Waals surface area contributed by atoms with Crippen molar-refractivity contribution in [2.45, 2.75) is 66.1 Å². The van der Waals surface area contributed by atoms with Crippen molar-refractivity contribution in [1.29, 1.82) is 0 Å². The summed E-state index contributed by atoms with van der Waals surface area (Å²) in [6, 6.07) is 6.70. The number of aryl methyl sites for hydroxylation is 1. The molecular formula is C28H36N4O4S. The maximum Gasteiger partial charge on any atom is 0.246 e. The molecule has 0 spiro atoms. The summed E-state index contributed by atoms with van der Waals surface area (Å²) in [5, 5.41) is 5.80. The molecule has 3 amide bonds. The first-order valence-electron chi connectivity index (χ1n) is 12.5. The van der Waals surface area contributed by atoms with E-state index in [1.807, 2.05) is 57.5 Å². The van der Waals surface area contributed by atoms with Crippen LogP contribution in [-0.4, -0.2) is 59.4 Å². The predicted octanol–water partition coefficient (Wildman–Crippen LogP) is 3.30. The summed E-state index contributed by atoms with van der Waals surface area (Å²) in [6.45, 7) is 10.2. The van der Waals surface area contributed by atoms with Crippen molar-refractivity contribution < 1.29 is 19.1 Å². The Labute approximate surface area is 223 Å². The number of nitrogens with zero attached hydrogens (tertiary/aromatic N) is 2. The van der Waals surface area contributed by atoms with Crippen molar-refractivity contribution in [2.75, 3.05) is 19.8 Å². The summed E-state index contributed by atoms with van der Waals surface area (Å²) in [5.74, 6) is 4.61. The third-order valence-corrected chi connectivity index (χ3v) is 7.25. The van der Waals surface area contributed by atoms with Gasteiger partial charge in [0, 0.05) is 13.1 Å². The number of ether oxygens (including phenoxy) is 1. The molecule has 2 N–H and O–H groups in total. The highest BCUT2D eigenvalue weighted by Gasteiger charge is 2.41. The van der Waals surface area contributed by atoms with E-state index >= 15 is 0 Å². The van der Waals surface area contributed by atoms with Gasteiger partial charge < -0.3 is 20.3 Å². The van der Waals surface area contributed by atoms with E-state index in [1.165, 1.54) is 0 Å². The second-order valence-corrected chi connectivity index (χ2v) is 11.0. The standard InChI is InChI=1S/C28H36N4O4S/c1-6-7-15-36-17-23(33)31-25(28(3,4)5)27(35)32-14-8-9-22(32)26(34)29-16-20-10-12-21(13-11-20)24-19(2)30-18-37-24/h10-13,18,22,25H,8-9,14-17H2,1-5H3,(H,29,34)(H,31,33)/t22-,25?/m0/s1. The van der Waals surface area contributed by atoms with Crippen LogP contribution in [0.2, 0.25) is 0 Å². The zero-order valence-corrected chi connectivity index (χ0v) is 23.0. The van der Waals surface area contributed by atoms with Gasteiger partial charge in [0.1, 0.15) is 25.3 Å². The Morgan fingerprint density at radius 3 is 2.59 bits per heavy atom. The molecule has 1 aliphatic rings. The van der Waals surface area contributed by atoms with Gasteiger partial charge in [0.2, 0.25) is 17.7 Å². The minimum absolute atomic E-state index is 0.153. The lowest BCUT2D eigenvalue weighted by Crippen LogP contribution is -2.58. The minimum Gasteiger partial charge on any atom is -0.359 e. The summed E-state index contributed by atoms with van der Waals surface area (Å²) >= 11 is 1.60. The van der Waals surface area contributed by atoms with E-state index in [9.17, 15) is 14.4 Å². The van der Waals surface area contributed by atoms with Gasteiger partial charge in [-0.05, 0) is 43.2 Å². The molecule has 0 aliphatic carbocycles. The fourth-order valence-electron chi connectivity index (χ4n) is 4.25. The van der Waals surface area contributed by atoms with Crippen LogP contribution >= 0.6 is 11.3 Å². The molecule has 2 atom stereocenters. The Hall–Kier alpha value is -3.22. The normalized spacial score (nSPS) is 16.0. The van der Waals surface area contributed by atoms with Crippen molar-refractivity contribution in [2.24, 2.45) is 5.41 Å². The molecule has 1 unspecified atom stereocenters. The third kappa shape index (κ3) is 7.63. The molecule has 1 saturated heterocycles. The van der Waals surface area contributed by atoms with Crippen molar-refractivity contribution in [3.63, 3.8) is 0 Å². The molecule has 9 heteroatoms. The van der Waals surface area contributed by atoms with Gasteiger partial charge in [-0.15, -0.1) is 17.3 Å². The number of carbonyl (C=O) groups is 3. The largest absolute Gasteiger partial charge is 0.359 e. The highest BCUT2D eigenvalue weighted by molar-refractivity contribution is 7.13. The molecular weight excluding hydrogens is 488 g/mol. The van der Waals surface area contributed by atoms with Gasteiger partial charge in [-0.2, -0.15) is 0 Å². The molecule has 1 aromatic carbocycles. The second kappa shape index (κ2) is 12.8. The van der Waals surface area contributed by atoms with Crippen LogP contribution in [0.15, 0.2) is 29.8 Å². The fraction of sp³-hybridized carbons (Fsp3) is 0.500. The topological polar surface area (TPSA) is 101 Å². The Morgan fingerprint density at radius 2 is 1.97 bits per heavy atom. The van der Waals surface area contributed by atoms with Crippen LogP contribution in [0.3, 0.4) is 0 Å². The van der Waals surface area contributed by atoms with Crippen LogP contribution in [0.1, 0.15) is 51.8 Å². The van der Waals surface area contributed by atoms with Crippen LogP contribution in [-0.2, 0) is 25.7 Å². The number of carbonyl (C=O) groups excluding carboxylic acids is 3. The Bertz CT molecular complexity index is 1160. The monoisotopic (exact) mass is 524 g/mol. The number of rotatable bonds is 9. The van der Waals surface area contributed by atoms with E-state index in [4.69, 9.17) is 4.74 Å². The first-order chi connectivity index (χ1) is 17.6. The van der Waals surface area contributed by atoms with E-state index in [2.05, 4.69) is 27.5 Å². The number of thiazole rings is 1. The Balaban J connectivity index is 1.60. The SMILES string of the molecule is CC#CCOCC(=O)NC(C(=O)N1CCC[C@H]1C(=O)NCc1ccc(-c2scnc2C)cc1)C(C)(C)C. The molecule has 1 fully saturated rings. The molecule has 1 aliphatic heterocycles. The highest BCUT2D eigenvalue weighted by Crippen LogP contribution is 2.28. The summed E-state index contributed by atoms with van der Waals surface area (Å²) in [4.78, 5) is 46.1. The van der Waals surface area contributed by atoms with Gasteiger partial charge in [-0.3, -0.25) is 14.4 Å². The van der Waals surface area contributed by atoms with Crippen LogP contribution in [0.25, 0.3) is 10.4 Å². The number of benzene rings is 1. The lowest BCUT2D eigenvalue weighted by Gasteiger charge is -2.35. The average Bonchev–Trinajstić information content (AvgIpc) is 3.52. The van der Waals surface area contributed by atoms with Gasteiger partial charge in [-0.1, -0.05) is 51.0 Å². The van der Waals surface area contributed by atoms with Crippen molar-refractivity contribution in [1.82, 2.24) is 20.5 Å². The summed E-state index contributed by atoms with van der Waals surface area (Å²) in [5.41, 5.74) is 4.36. The van der Waals surface area contributed by atoms with E-state index in [0.717, 1.165) is 28.1 Å². The minimum atomic E-state index is -0.781. The molecule has 0 bridgehead atoms. The number of hydrogen-bond acceptors (Lipinski definition) is 6. The number of aromatic nitrogens is 1. The van der Waals surface area contributed by atoms with Crippen LogP contribution in [0, 0.1) is 24.2 Å². The van der Waals surface area contributed by atoms with E-state index in [0.29, 0.717) is 19.5 Å². The van der Waals surface area contributed by atoms with E-state index in [-0.39, 0.29) is 30.9 Å². The number of hydrogen-bond donors (Lipinski definition) is 2. The molecule has 0 radical (unpaired) electrons. The fourth-order valence-corrected chi connectivity index (χ4v) is 5.06. The molecule has 2 aromatic rings. The maximum atomic E-state index is 13.5. The zero-order valence-electron chi connectivity index (χ0n) is 22.2. The van der Waals surface area contributed by atoms with Gasteiger partial charge in [0.15, 0.2) is 0 Å². The van der Waals surface area contributed by atoms with Gasteiger partial charge >= 0.3 is 0 Å². The first-order valence-corrected chi connectivity index (χ1v) is 13.3. The number of amides is 3. The molecule has 8 nitrogen and oxygen atoms in total. The van der Waals surface area contributed by atoms with Crippen molar-refractivity contribution >= 4 is 29.1 Å². The smallest absolute Gasteiger partial charge is 0.246 e. The highest BCUT2D eigenvalue weighted by atomic mass is 32.1. The molecule has 2 heterocycles. The maximum absolute atomic E-state index is 13.5. The van der Waals surface area contributed by atoms with Crippen LogP contribution in [0.4, 0.5) is 0 Å². The van der Waals surface area contributed by atoms with E-state index in [1.54, 1.807) is 23.2 Å². The first kappa shape index (κ1) is 28.4. The van der Waals surface area contributed by atoms with Crippen molar-refractivity contribution in [3.8, 4) is 22.3 Å². The van der Waals surface area contributed by atoms with E-state index < -0.39 is 17.5 Å². The predicted molar refractivity (Wildman–Crippen MR) is 145 cm³/mol. The number of nitrogens with one attached hydrogen (secondary N) is 2. The molecule has 0 saturated carbocycles. The molecule has 3 rings (SSSR count). The lowest BCUT2D eigenvalue weighted by molar-refractivity contribution is -0.144. The summed E-state index contributed by atoms with van der Waals surface area (Å²) < 4.78 is 5.24. The molecule has 1 aromatic heterocycles. The van der Waals surface area contributed by atoms with Crippen LogP contribution < -0.4 is 10.6 Å². The molecule has 198 valence electrons. The lowest BCUT2D eigenvalue weighted by atomic mass is 9.85. The molecule has 37 heavy (non-hydrogen) atoms. The quantitative estimate of drug-likeness (QED) is 0.387. The van der Waals surface area contributed by atoms with Crippen molar-refractivity contribution in [3.05, 3.63) is 41.0 Å². The van der Waals surface area contributed by atoms with Crippen LogP contribution in [0.5, 0.6) is 0 Å². The van der Waals surface area contributed by atoms with Gasteiger partial charge in [0.05, 0.1) is 16.1 Å². The third-order valence-electron chi connectivity index (χ3n) is 6.27.